The van der Waals surface area contributed by atoms with Crippen molar-refractivity contribution in [2.24, 2.45) is 5.41 Å². The van der Waals surface area contributed by atoms with Gasteiger partial charge in [0.15, 0.2) is 0 Å². The third kappa shape index (κ3) is 2.80. The standard InChI is InChI=1S/C20H25N3O2S/c1-13(2)23-9-4-7-20(19(23)25)8-10-22(12-20)18(24)15-5-6-16-17(11-15)26-14(3)21-16/h5-6,11,13H,4,7-10,12H2,1-3H3/t20-/m1/s1. The van der Waals surface area contributed by atoms with E-state index in [0.29, 0.717) is 18.7 Å². The lowest BCUT2D eigenvalue weighted by molar-refractivity contribution is -0.147. The number of nitrogens with zero attached hydrogens (tertiary/aromatic N) is 3. The Labute approximate surface area is 158 Å². The van der Waals surface area contributed by atoms with Crippen LogP contribution in [0.4, 0.5) is 0 Å². The molecule has 1 aromatic carbocycles. The summed E-state index contributed by atoms with van der Waals surface area (Å²) < 4.78 is 1.04. The van der Waals surface area contributed by atoms with E-state index in [1.165, 1.54) is 0 Å². The van der Waals surface area contributed by atoms with Gasteiger partial charge in [0, 0.05) is 31.2 Å². The van der Waals surface area contributed by atoms with Crippen LogP contribution < -0.4 is 0 Å². The zero-order valence-corrected chi connectivity index (χ0v) is 16.4. The van der Waals surface area contributed by atoms with Crippen molar-refractivity contribution in [2.75, 3.05) is 19.6 Å². The minimum Gasteiger partial charge on any atom is -0.340 e. The first-order chi connectivity index (χ1) is 12.4. The van der Waals surface area contributed by atoms with Crippen LogP contribution >= 0.6 is 11.3 Å². The lowest BCUT2D eigenvalue weighted by Crippen LogP contribution is -2.52. The van der Waals surface area contributed by atoms with Crippen molar-refractivity contribution in [1.29, 1.82) is 0 Å². The van der Waals surface area contributed by atoms with Gasteiger partial charge in [0.25, 0.3) is 5.91 Å². The summed E-state index contributed by atoms with van der Waals surface area (Å²) in [6, 6.07) is 5.94. The molecule has 1 atom stereocenters. The fourth-order valence-electron chi connectivity index (χ4n) is 4.37. The van der Waals surface area contributed by atoms with Gasteiger partial charge in [-0.25, -0.2) is 4.98 Å². The number of fused-ring (bicyclic) bond motifs is 1. The van der Waals surface area contributed by atoms with Crippen LogP contribution in [0.25, 0.3) is 10.2 Å². The van der Waals surface area contributed by atoms with Gasteiger partial charge in [0.1, 0.15) is 0 Å². The van der Waals surface area contributed by atoms with Crippen molar-refractivity contribution in [1.82, 2.24) is 14.8 Å². The average Bonchev–Trinajstić information content (AvgIpc) is 3.19. The molecule has 0 N–H and O–H groups in total. The maximum absolute atomic E-state index is 13.1. The summed E-state index contributed by atoms with van der Waals surface area (Å²) in [6.07, 6.45) is 2.70. The van der Waals surface area contributed by atoms with E-state index in [2.05, 4.69) is 18.8 Å². The molecule has 2 aliphatic rings. The van der Waals surface area contributed by atoms with Gasteiger partial charge in [-0.3, -0.25) is 9.59 Å². The van der Waals surface area contributed by atoms with Crippen molar-refractivity contribution in [3.63, 3.8) is 0 Å². The van der Waals surface area contributed by atoms with Crippen molar-refractivity contribution < 1.29 is 9.59 Å². The second kappa shape index (κ2) is 6.34. The fraction of sp³-hybridized carbons (Fsp3) is 0.550. The largest absolute Gasteiger partial charge is 0.340 e. The number of rotatable bonds is 2. The molecule has 5 nitrogen and oxygen atoms in total. The summed E-state index contributed by atoms with van der Waals surface area (Å²) in [6.45, 7) is 8.17. The molecule has 0 saturated carbocycles. The zero-order valence-electron chi connectivity index (χ0n) is 15.6. The number of aromatic nitrogens is 1. The molecular formula is C20H25N3O2S. The normalized spacial score (nSPS) is 23.6. The smallest absolute Gasteiger partial charge is 0.253 e. The number of piperidine rings is 1. The van der Waals surface area contributed by atoms with Crippen LogP contribution in [0.15, 0.2) is 18.2 Å². The summed E-state index contributed by atoms with van der Waals surface area (Å²) in [5, 5.41) is 1.01. The fourth-order valence-corrected chi connectivity index (χ4v) is 5.24. The predicted octanol–water partition coefficient (Wildman–Crippen LogP) is 3.47. The first kappa shape index (κ1) is 17.5. The maximum Gasteiger partial charge on any atom is 0.253 e. The van der Waals surface area contributed by atoms with Gasteiger partial charge in [-0.1, -0.05) is 0 Å². The van der Waals surface area contributed by atoms with E-state index in [4.69, 9.17) is 0 Å². The van der Waals surface area contributed by atoms with E-state index < -0.39 is 0 Å². The number of aryl methyl sites for hydroxylation is 1. The second-order valence-electron chi connectivity index (χ2n) is 7.87. The van der Waals surface area contributed by atoms with Gasteiger partial charge < -0.3 is 9.80 Å². The maximum atomic E-state index is 13.1. The topological polar surface area (TPSA) is 53.5 Å². The minimum atomic E-state index is -0.372. The highest BCUT2D eigenvalue weighted by Gasteiger charge is 2.49. The van der Waals surface area contributed by atoms with E-state index in [1.54, 1.807) is 11.3 Å². The first-order valence-corrected chi connectivity index (χ1v) is 10.2. The van der Waals surface area contributed by atoms with Crippen LogP contribution in [0.5, 0.6) is 0 Å². The molecule has 2 amide bonds. The van der Waals surface area contributed by atoms with Crippen LogP contribution in [-0.2, 0) is 4.79 Å². The molecule has 2 fully saturated rings. The number of carbonyl (C=O) groups is 2. The van der Waals surface area contributed by atoms with Crippen molar-refractivity contribution >= 4 is 33.4 Å². The van der Waals surface area contributed by atoms with Gasteiger partial charge in [0.05, 0.1) is 20.6 Å². The van der Waals surface area contributed by atoms with Gasteiger partial charge in [-0.05, 0) is 58.2 Å². The molecule has 2 aliphatic heterocycles. The zero-order chi connectivity index (χ0) is 18.5. The molecule has 2 aromatic rings. The first-order valence-electron chi connectivity index (χ1n) is 9.37. The highest BCUT2D eigenvalue weighted by molar-refractivity contribution is 7.18. The van der Waals surface area contributed by atoms with E-state index in [0.717, 1.165) is 41.0 Å². The summed E-state index contributed by atoms with van der Waals surface area (Å²) >= 11 is 1.61. The number of thiazole rings is 1. The lowest BCUT2D eigenvalue weighted by Gasteiger charge is -2.41. The van der Waals surface area contributed by atoms with Crippen LogP contribution in [0.3, 0.4) is 0 Å². The Kier molecular flexibility index (Phi) is 4.26. The third-order valence-electron chi connectivity index (χ3n) is 5.78. The van der Waals surface area contributed by atoms with Gasteiger partial charge >= 0.3 is 0 Å². The van der Waals surface area contributed by atoms with E-state index in [1.807, 2.05) is 34.9 Å². The van der Waals surface area contributed by atoms with Gasteiger partial charge in [0.2, 0.25) is 5.91 Å². The van der Waals surface area contributed by atoms with Gasteiger partial charge in [-0.2, -0.15) is 0 Å². The van der Waals surface area contributed by atoms with Crippen molar-refractivity contribution in [2.45, 2.75) is 46.1 Å². The molecule has 0 aliphatic carbocycles. The molecule has 4 rings (SSSR count). The Morgan fingerprint density at radius 3 is 2.85 bits per heavy atom. The van der Waals surface area contributed by atoms with E-state index >= 15 is 0 Å². The Morgan fingerprint density at radius 2 is 2.08 bits per heavy atom. The van der Waals surface area contributed by atoms with Crippen molar-refractivity contribution in [3.05, 3.63) is 28.8 Å². The van der Waals surface area contributed by atoms with Crippen LogP contribution in [-0.4, -0.2) is 52.3 Å². The Bertz CT molecular complexity index is 875. The minimum absolute atomic E-state index is 0.0318. The van der Waals surface area contributed by atoms with Crippen LogP contribution in [0.1, 0.15) is 48.5 Å². The number of amides is 2. The number of benzene rings is 1. The number of hydrogen-bond donors (Lipinski definition) is 0. The van der Waals surface area contributed by atoms with Gasteiger partial charge in [-0.15, -0.1) is 11.3 Å². The monoisotopic (exact) mass is 371 g/mol. The molecule has 0 radical (unpaired) electrons. The molecular weight excluding hydrogens is 346 g/mol. The summed E-state index contributed by atoms with van der Waals surface area (Å²) in [7, 11) is 0. The molecule has 3 heterocycles. The highest BCUT2D eigenvalue weighted by Crippen LogP contribution is 2.41. The second-order valence-corrected chi connectivity index (χ2v) is 9.10. The third-order valence-corrected chi connectivity index (χ3v) is 6.71. The number of likely N-dealkylation sites (tertiary alicyclic amines) is 2. The molecule has 138 valence electrons. The predicted molar refractivity (Wildman–Crippen MR) is 103 cm³/mol. The number of hydrogen-bond acceptors (Lipinski definition) is 4. The molecule has 1 aromatic heterocycles. The van der Waals surface area contributed by atoms with E-state index in [-0.39, 0.29) is 23.3 Å². The molecule has 1 spiro atoms. The molecule has 0 unspecified atom stereocenters. The molecule has 0 bridgehead atoms. The Morgan fingerprint density at radius 1 is 1.27 bits per heavy atom. The number of carbonyl (C=O) groups excluding carboxylic acids is 2. The summed E-state index contributed by atoms with van der Waals surface area (Å²) in [5.41, 5.74) is 1.27. The molecule has 6 heteroatoms. The molecule has 26 heavy (non-hydrogen) atoms. The average molecular weight is 372 g/mol. The lowest BCUT2D eigenvalue weighted by atomic mass is 9.78. The highest BCUT2D eigenvalue weighted by atomic mass is 32.1. The summed E-state index contributed by atoms with van der Waals surface area (Å²) in [4.78, 5) is 34.4. The van der Waals surface area contributed by atoms with Crippen LogP contribution in [0, 0.1) is 12.3 Å². The van der Waals surface area contributed by atoms with Crippen molar-refractivity contribution in [3.8, 4) is 0 Å². The van der Waals surface area contributed by atoms with E-state index in [9.17, 15) is 9.59 Å². The Balaban J connectivity index is 1.55. The quantitative estimate of drug-likeness (QED) is 0.812. The SMILES string of the molecule is Cc1nc2ccc(C(=O)N3CC[C@]4(CCCN(C(C)C)C4=O)C3)cc2s1. The molecule has 2 saturated heterocycles. The van der Waals surface area contributed by atoms with Crippen LogP contribution in [0.2, 0.25) is 0 Å². The Hall–Kier alpha value is -1.95. The summed E-state index contributed by atoms with van der Waals surface area (Å²) in [5.74, 6) is 0.270.